The summed E-state index contributed by atoms with van der Waals surface area (Å²) in [5, 5.41) is 14.6. The van der Waals surface area contributed by atoms with E-state index in [0.29, 0.717) is 31.6 Å². The van der Waals surface area contributed by atoms with Crippen molar-refractivity contribution in [3.8, 4) is 5.75 Å². The molecule has 0 saturated heterocycles. The number of hydroxylamine groups is 1. The summed E-state index contributed by atoms with van der Waals surface area (Å²) in [5.41, 5.74) is 3.97. The fourth-order valence-electron chi connectivity index (χ4n) is 2.31. The highest BCUT2D eigenvalue weighted by Crippen LogP contribution is 2.10. The molecule has 2 amide bonds. The van der Waals surface area contributed by atoms with E-state index in [1.807, 2.05) is 24.3 Å². The van der Waals surface area contributed by atoms with Gasteiger partial charge >= 0.3 is 0 Å². The number of methoxy groups -OCH3 is 1. The summed E-state index contributed by atoms with van der Waals surface area (Å²) in [6.07, 6.45) is 0.376. The highest BCUT2D eigenvalue weighted by molar-refractivity contribution is 5.93. The number of benzene rings is 2. The van der Waals surface area contributed by atoms with Crippen LogP contribution in [0.5, 0.6) is 5.75 Å². The van der Waals surface area contributed by atoms with E-state index >= 15 is 0 Å². The SMILES string of the molecule is COc1ccc(CNC(=O)CCNCc2ccc(C(=O)NO)cc2)cc1. The first kappa shape index (κ1) is 19.4. The number of carbonyl (C=O) groups is 2. The van der Waals surface area contributed by atoms with Crippen LogP contribution in [-0.2, 0) is 17.9 Å². The van der Waals surface area contributed by atoms with Crippen molar-refractivity contribution in [2.75, 3.05) is 13.7 Å². The zero-order valence-corrected chi connectivity index (χ0v) is 14.6. The second-order valence-corrected chi connectivity index (χ2v) is 5.69. The van der Waals surface area contributed by atoms with Crippen LogP contribution >= 0.6 is 0 Å². The van der Waals surface area contributed by atoms with Gasteiger partial charge in [-0.3, -0.25) is 14.8 Å². The van der Waals surface area contributed by atoms with Crippen LogP contribution in [-0.4, -0.2) is 30.7 Å². The summed E-state index contributed by atoms with van der Waals surface area (Å²) in [4.78, 5) is 23.1. The molecule has 26 heavy (non-hydrogen) atoms. The number of amides is 2. The summed E-state index contributed by atoms with van der Waals surface area (Å²) < 4.78 is 5.09. The highest BCUT2D eigenvalue weighted by atomic mass is 16.5. The third-order valence-electron chi connectivity index (χ3n) is 3.82. The fourth-order valence-corrected chi connectivity index (χ4v) is 2.31. The maximum Gasteiger partial charge on any atom is 0.274 e. The Morgan fingerprint density at radius 2 is 1.58 bits per heavy atom. The van der Waals surface area contributed by atoms with Crippen molar-refractivity contribution in [3.63, 3.8) is 0 Å². The predicted octanol–water partition coefficient (Wildman–Crippen LogP) is 1.61. The van der Waals surface area contributed by atoms with Gasteiger partial charge in [0.25, 0.3) is 5.91 Å². The van der Waals surface area contributed by atoms with E-state index < -0.39 is 5.91 Å². The Bertz CT molecular complexity index is 715. The number of carbonyl (C=O) groups excluding carboxylic acids is 2. The zero-order valence-electron chi connectivity index (χ0n) is 14.6. The van der Waals surface area contributed by atoms with Crippen LogP contribution in [0.15, 0.2) is 48.5 Å². The lowest BCUT2D eigenvalue weighted by Crippen LogP contribution is -2.27. The van der Waals surface area contributed by atoms with E-state index in [1.54, 1.807) is 36.9 Å². The Morgan fingerprint density at radius 1 is 0.962 bits per heavy atom. The molecular formula is C19H23N3O4. The molecule has 2 aromatic carbocycles. The van der Waals surface area contributed by atoms with Gasteiger partial charge in [-0.15, -0.1) is 0 Å². The summed E-state index contributed by atoms with van der Waals surface area (Å²) in [7, 11) is 1.62. The van der Waals surface area contributed by atoms with Gasteiger partial charge in [-0.25, -0.2) is 5.48 Å². The van der Waals surface area contributed by atoms with Gasteiger partial charge < -0.3 is 15.4 Å². The zero-order chi connectivity index (χ0) is 18.8. The number of nitrogens with one attached hydrogen (secondary N) is 3. The average molecular weight is 357 g/mol. The van der Waals surface area contributed by atoms with E-state index in [0.717, 1.165) is 16.9 Å². The fraction of sp³-hybridized carbons (Fsp3) is 0.263. The maximum absolute atomic E-state index is 11.9. The maximum atomic E-state index is 11.9. The standard InChI is InChI=1S/C19H23N3O4/c1-26-17-8-4-15(5-9-17)13-21-18(23)10-11-20-12-14-2-6-16(7-3-14)19(24)22-25/h2-9,20,25H,10-13H2,1H3,(H,21,23)(H,22,24). The van der Waals surface area contributed by atoms with Gasteiger partial charge in [-0.1, -0.05) is 24.3 Å². The molecule has 0 saturated carbocycles. The minimum absolute atomic E-state index is 0.0247. The van der Waals surface area contributed by atoms with Crippen LogP contribution in [0.4, 0.5) is 0 Å². The van der Waals surface area contributed by atoms with Crippen molar-refractivity contribution in [1.82, 2.24) is 16.1 Å². The first-order valence-electron chi connectivity index (χ1n) is 8.26. The Morgan fingerprint density at radius 3 is 2.19 bits per heavy atom. The molecule has 0 unspecified atom stereocenters. The molecule has 0 aliphatic carbocycles. The average Bonchev–Trinajstić information content (AvgIpc) is 2.70. The van der Waals surface area contributed by atoms with Crippen LogP contribution in [0.1, 0.15) is 27.9 Å². The van der Waals surface area contributed by atoms with Gasteiger partial charge in [0.15, 0.2) is 0 Å². The molecule has 0 bridgehead atoms. The molecule has 7 nitrogen and oxygen atoms in total. The van der Waals surface area contributed by atoms with Gasteiger partial charge in [-0.2, -0.15) is 0 Å². The molecule has 4 N–H and O–H groups in total. The monoisotopic (exact) mass is 357 g/mol. The molecular weight excluding hydrogens is 334 g/mol. The number of hydrogen-bond acceptors (Lipinski definition) is 5. The van der Waals surface area contributed by atoms with Gasteiger partial charge in [-0.05, 0) is 35.4 Å². The molecule has 0 aliphatic rings. The molecule has 0 fully saturated rings. The Kier molecular flexibility index (Phi) is 7.60. The van der Waals surface area contributed by atoms with Crippen molar-refractivity contribution >= 4 is 11.8 Å². The minimum Gasteiger partial charge on any atom is -0.497 e. The topological polar surface area (TPSA) is 99.7 Å². The van der Waals surface area contributed by atoms with Crippen LogP contribution < -0.4 is 20.9 Å². The van der Waals surface area contributed by atoms with E-state index in [1.165, 1.54) is 0 Å². The number of hydrogen-bond donors (Lipinski definition) is 4. The molecule has 7 heteroatoms. The number of rotatable bonds is 9. The summed E-state index contributed by atoms with van der Waals surface area (Å²) in [5.74, 6) is 0.218. The normalized spacial score (nSPS) is 10.2. The summed E-state index contributed by atoms with van der Waals surface area (Å²) in [6.45, 7) is 1.62. The summed E-state index contributed by atoms with van der Waals surface area (Å²) >= 11 is 0. The molecule has 0 atom stereocenters. The van der Waals surface area contributed by atoms with Crippen molar-refractivity contribution in [2.45, 2.75) is 19.5 Å². The van der Waals surface area contributed by atoms with Crippen LogP contribution in [0.3, 0.4) is 0 Å². The van der Waals surface area contributed by atoms with Gasteiger partial charge in [0.05, 0.1) is 7.11 Å². The molecule has 0 aliphatic heterocycles. The molecule has 138 valence electrons. The lowest BCUT2D eigenvalue weighted by molar-refractivity contribution is -0.121. The van der Waals surface area contributed by atoms with E-state index in [-0.39, 0.29) is 5.91 Å². The van der Waals surface area contributed by atoms with Crippen LogP contribution in [0, 0.1) is 0 Å². The van der Waals surface area contributed by atoms with Crippen molar-refractivity contribution in [1.29, 1.82) is 0 Å². The van der Waals surface area contributed by atoms with E-state index in [2.05, 4.69) is 10.6 Å². The van der Waals surface area contributed by atoms with Gasteiger partial charge in [0, 0.05) is 31.6 Å². The Labute approximate surface area is 152 Å². The second kappa shape index (κ2) is 10.2. The largest absolute Gasteiger partial charge is 0.497 e. The minimum atomic E-state index is -0.543. The Hall–Kier alpha value is -2.90. The van der Waals surface area contributed by atoms with Gasteiger partial charge in [0.1, 0.15) is 5.75 Å². The predicted molar refractivity (Wildman–Crippen MR) is 96.9 cm³/mol. The molecule has 0 aromatic heterocycles. The third-order valence-corrected chi connectivity index (χ3v) is 3.82. The van der Waals surface area contributed by atoms with Gasteiger partial charge in [0.2, 0.25) is 5.91 Å². The lowest BCUT2D eigenvalue weighted by Gasteiger charge is -2.08. The molecule has 0 spiro atoms. The van der Waals surface area contributed by atoms with Crippen molar-refractivity contribution in [2.24, 2.45) is 0 Å². The van der Waals surface area contributed by atoms with E-state index in [9.17, 15) is 9.59 Å². The van der Waals surface area contributed by atoms with Crippen molar-refractivity contribution in [3.05, 3.63) is 65.2 Å². The molecule has 2 aromatic rings. The smallest absolute Gasteiger partial charge is 0.274 e. The first-order chi connectivity index (χ1) is 12.6. The first-order valence-corrected chi connectivity index (χ1v) is 8.26. The number of ether oxygens (including phenoxy) is 1. The van der Waals surface area contributed by atoms with E-state index in [4.69, 9.17) is 9.94 Å². The highest BCUT2D eigenvalue weighted by Gasteiger charge is 2.04. The third kappa shape index (κ3) is 6.19. The Balaban J connectivity index is 1.64. The van der Waals surface area contributed by atoms with Crippen LogP contribution in [0.25, 0.3) is 0 Å². The molecule has 2 rings (SSSR count). The van der Waals surface area contributed by atoms with Crippen LogP contribution in [0.2, 0.25) is 0 Å². The molecule has 0 heterocycles. The molecule has 0 radical (unpaired) electrons. The van der Waals surface area contributed by atoms with Crippen molar-refractivity contribution < 1.29 is 19.5 Å². The summed E-state index contributed by atoms with van der Waals surface area (Å²) in [6, 6.07) is 14.4. The lowest BCUT2D eigenvalue weighted by atomic mass is 10.1. The second-order valence-electron chi connectivity index (χ2n) is 5.69. The quantitative estimate of drug-likeness (QED) is 0.310.